The zero-order valence-corrected chi connectivity index (χ0v) is 11.0. The number of carboxylic acids is 1. The van der Waals surface area contributed by atoms with Crippen LogP contribution in [-0.2, 0) is 19.1 Å². The summed E-state index contributed by atoms with van der Waals surface area (Å²) in [6, 6.07) is 0. The van der Waals surface area contributed by atoms with E-state index in [1.807, 2.05) is 0 Å². The maximum Gasteiger partial charge on any atom is 0.334 e. The predicted molar refractivity (Wildman–Crippen MR) is 66.7 cm³/mol. The van der Waals surface area contributed by atoms with E-state index < -0.39 is 12.1 Å². The molecule has 0 bridgehead atoms. The molecule has 0 aromatic carbocycles. The highest BCUT2D eigenvalue weighted by Crippen LogP contribution is 2.19. The Hall–Kier alpha value is -1.14. The van der Waals surface area contributed by atoms with Crippen molar-refractivity contribution in [1.82, 2.24) is 4.90 Å². The summed E-state index contributed by atoms with van der Waals surface area (Å²) in [4.78, 5) is 24.5. The first kappa shape index (κ1) is 14.3. The Bertz CT molecular complexity index is 327. The molecule has 2 aliphatic heterocycles. The lowest BCUT2D eigenvalue weighted by Gasteiger charge is -2.31. The van der Waals surface area contributed by atoms with Crippen LogP contribution in [0.25, 0.3) is 0 Å². The molecule has 0 aromatic rings. The highest BCUT2D eigenvalue weighted by atomic mass is 16.5. The number of carbonyl (C=O) groups is 2. The molecule has 1 N–H and O–H groups in total. The summed E-state index contributed by atoms with van der Waals surface area (Å²) in [5.74, 6) is -0.507. The number of carboxylic acid groups (broad SMARTS) is 1. The van der Waals surface area contributed by atoms with Crippen LogP contribution in [-0.4, -0.2) is 60.9 Å². The maximum atomic E-state index is 12.0. The van der Waals surface area contributed by atoms with Crippen LogP contribution in [0.1, 0.15) is 25.7 Å². The van der Waals surface area contributed by atoms with E-state index >= 15 is 0 Å². The monoisotopic (exact) mass is 271 g/mol. The van der Waals surface area contributed by atoms with Crippen LogP contribution in [0.15, 0.2) is 0 Å². The van der Waals surface area contributed by atoms with Crippen molar-refractivity contribution >= 4 is 11.9 Å². The average Bonchev–Trinajstić information content (AvgIpc) is 2.46. The van der Waals surface area contributed by atoms with E-state index in [9.17, 15) is 9.59 Å². The van der Waals surface area contributed by atoms with Crippen LogP contribution in [0.5, 0.6) is 0 Å². The number of rotatable bonds is 4. The van der Waals surface area contributed by atoms with Crippen LogP contribution >= 0.6 is 0 Å². The van der Waals surface area contributed by atoms with Gasteiger partial charge in [-0.25, -0.2) is 4.79 Å². The zero-order chi connectivity index (χ0) is 13.7. The molecule has 2 rings (SSSR count). The van der Waals surface area contributed by atoms with Crippen molar-refractivity contribution in [3.05, 3.63) is 0 Å². The molecule has 2 atom stereocenters. The fraction of sp³-hybridized carbons (Fsp3) is 0.846. The molecule has 2 aliphatic rings. The van der Waals surface area contributed by atoms with Gasteiger partial charge in [0, 0.05) is 26.2 Å². The molecule has 0 saturated carbocycles. The molecule has 0 radical (unpaired) electrons. The average molecular weight is 271 g/mol. The smallest absolute Gasteiger partial charge is 0.334 e. The lowest BCUT2D eigenvalue weighted by atomic mass is 9.96. The number of morpholine rings is 1. The molecular weight excluding hydrogens is 250 g/mol. The van der Waals surface area contributed by atoms with Gasteiger partial charge in [-0.2, -0.15) is 0 Å². The van der Waals surface area contributed by atoms with Crippen molar-refractivity contribution in [2.45, 2.75) is 31.8 Å². The summed E-state index contributed by atoms with van der Waals surface area (Å²) in [6.07, 6.45) is 2.61. The summed E-state index contributed by atoms with van der Waals surface area (Å²) in [7, 11) is 0. The van der Waals surface area contributed by atoms with Gasteiger partial charge in [-0.1, -0.05) is 0 Å². The van der Waals surface area contributed by atoms with Gasteiger partial charge < -0.3 is 19.5 Å². The van der Waals surface area contributed by atoms with Gasteiger partial charge in [0.2, 0.25) is 5.91 Å². The molecule has 2 fully saturated rings. The fourth-order valence-electron chi connectivity index (χ4n) is 2.55. The fourth-order valence-corrected chi connectivity index (χ4v) is 2.55. The Kier molecular flexibility index (Phi) is 5.15. The third kappa shape index (κ3) is 4.18. The number of nitrogens with zero attached hydrogens (tertiary/aromatic N) is 1. The van der Waals surface area contributed by atoms with Crippen LogP contribution < -0.4 is 0 Å². The molecule has 1 amide bonds. The van der Waals surface area contributed by atoms with Gasteiger partial charge >= 0.3 is 5.97 Å². The second-order valence-corrected chi connectivity index (χ2v) is 5.16. The lowest BCUT2D eigenvalue weighted by molar-refractivity contribution is -0.159. The molecule has 19 heavy (non-hydrogen) atoms. The second kappa shape index (κ2) is 6.86. The minimum Gasteiger partial charge on any atom is -0.479 e. The van der Waals surface area contributed by atoms with Crippen LogP contribution in [0, 0.1) is 5.92 Å². The molecule has 0 spiro atoms. The van der Waals surface area contributed by atoms with Crippen LogP contribution in [0.2, 0.25) is 0 Å². The van der Waals surface area contributed by atoms with E-state index in [4.69, 9.17) is 14.6 Å². The SMILES string of the molecule is O=C(O)[C@@H]1CN(C(=O)CC[C@@H]2CCCOC2)CCO1. The maximum absolute atomic E-state index is 12.0. The van der Waals surface area contributed by atoms with E-state index in [2.05, 4.69) is 0 Å². The highest BCUT2D eigenvalue weighted by molar-refractivity contribution is 5.78. The van der Waals surface area contributed by atoms with E-state index in [0.717, 1.165) is 32.5 Å². The minimum atomic E-state index is -1.00. The standard InChI is InChI=1S/C13H21NO5/c15-12(4-3-10-2-1-6-18-9-10)14-5-7-19-11(8-14)13(16)17/h10-11H,1-9H2,(H,16,17)/t10-,11-/m0/s1. The highest BCUT2D eigenvalue weighted by Gasteiger charge is 2.29. The Morgan fingerprint density at radius 2 is 2.16 bits per heavy atom. The molecular formula is C13H21NO5. The van der Waals surface area contributed by atoms with Gasteiger partial charge in [0.25, 0.3) is 0 Å². The number of aliphatic carboxylic acids is 1. The van der Waals surface area contributed by atoms with Gasteiger partial charge in [0.1, 0.15) is 0 Å². The van der Waals surface area contributed by atoms with Gasteiger partial charge in [-0.15, -0.1) is 0 Å². The first-order valence-electron chi connectivity index (χ1n) is 6.86. The van der Waals surface area contributed by atoms with Gasteiger partial charge in [-0.3, -0.25) is 4.79 Å². The number of hydrogen-bond acceptors (Lipinski definition) is 4. The Morgan fingerprint density at radius 3 is 2.84 bits per heavy atom. The van der Waals surface area contributed by atoms with Gasteiger partial charge in [0.15, 0.2) is 6.10 Å². The molecule has 0 unspecified atom stereocenters. The van der Waals surface area contributed by atoms with E-state index in [1.54, 1.807) is 4.90 Å². The Morgan fingerprint density at radius 1 is 1.32 bits per heavy atom. The van der Waals surface area contributed by atoms with E-state index in [1.165, 1.54) is 0 Å². The molecule has 108 valence electrons. The topological polar surface area (TPSA) is 76.1 Å². The molecule has 2 heterocycles. The largest absolute Gasteiger partial charge is 0.479 e. The molecule has 6 heteroatoms. The van der Waals surface area contributed by atoms with Crippen molar-refractivity contribution in [3.8, 4) is 0 Å². The number of ether oxygens (including phenoxy) is 2. The van der Waals surface area contributed by atoms with Gasteiger partial charge in [0.05, 0.1) is 13.2 Å². The minimum absolute atomic E-state index is 0.0279. The number of amides is 1. The zero-order valence-electron chi connectivity index (χ0n) is 11.0. The van der Waals surface area contributed by atoms with Crippen molar-refractivity contribution < 1.29 is 24.2 Å². The summed E-state index contributed by atoms with van der Waals surface area (Å²) in [5.41, 5.74) is 0. The third-order valence-corrected chi connectivity index (χ3v) is 3.72. The molecule has 0 aliphatic carbocycles. The summed E-state index contributed by atoms with van der Waals surface area (Å²) in [5, 5.41) is 8.89. The van der Waals surface area contributed by atoms with Crippen LogP contribution in [0.4, 0.5) is 0 Å². The van der Waals surface area contributed by atoms with Crippen molar-refractivity contribution in [2.24, 2.45) is 5.92 Å². The summed E-state index contributed by atoms with van der Waals surface area (Å²) < 4.78 is 10.5. The van der Waals surface area contributed by atoms with Crippen molar-refractivity contribution in [2.75, 3.05) is 32.9 Å². The molecule has 0 aromatic heterocycles. The molecule has 2 saturated heterocycles. The van der Waals surface area contributed by atoms with Crippen LogP contribution in [0.3, 0.4) is 0 Å². The third-order valence-electron chi connectivity index (χ3n) is 3.72. The second-order valence-electron chi connectivity index (χ2n) is 5.16. The van der Waals surface area contributed by atoms with E-state index in [-0.39, 0.29) is 12.5 Å². The number of hydrogen-bond donors (Lipinski definition) is 1. The normalized spacial score (nSPS) is 28.1. The summed E-state index contributed by atoms with van der Waals surface area (Å²) >= 11 is 0. The van der Waals surface area contributed by atoms with E-state index in [0.29, 0.717) is 25.5 Å². The lowest BCUT2D eigenvalue weighted by Crippen LogP contribution is -2.48. The van der Waals surface area contributed by atoms with Crippen molar-refractivity contribution in [1.29, 1.82) is 0 Å². The Labute approximate surface area is 112 Å². The Balaban J connectivity index is 1.74. The predicted octanol–water partition coefficient (Wildman–Crippen LogP) is 0.505. The first-order chi connectivity index (χ1) is 9.16. The number of carbonyl (C=O) groups excluding carboxylic acids is 1. The van der Waals surface area contributed by atoms with Gasteiger partial charge in [-0.05, 0) is 25.2 Å². The molecule has 6 nitrogen and oxygen atoms in total. The summed E-state index contributed by atoms with van der Waals surface area (Å²) in [6.45, 7) is 2.52. The van der Waals surface area contributed by atoms with Crippen molar-refractivity contribution in [3.63, 3.8) is 0 Å². The quantitative estimate of drug-likeness (QED) is 0.806. The first-order valence-corrected chi connectivity index (χ1v) is 6.86.